The highest BCUT2D eigenvalue weighted by Crippen LogP contribution is 2.26. The second-order valence-electron chi connectivity index (χ2n) is 7.04. The van der Waals surface area contributed by atoms with E-state index in [1.807, 2.05) is 17.5 Å². The van der Waals surface area contributed by atoms with Crippen molar-refractivity contribution in [1.82, 2.24) is 24.4 Å². The highest BCUT2D eigenvalue weighted by Gasteiger charge is 2.27. The van der Waals surface area contributed by atoms with Crippen molar-refractivity contribution in [2.45, 2.75) is 18.9 Å². The minimum Gasteiger partial charge on any atom is -0.346 e. The predicted molar refractivity (Wildman–Crippen MR) is 112 cm³/mol. The number of thiophene rings is 1. The molecule has 1 aliphatic rings. The first-order valence-corrected chi connectivity index (χ1v) is 12.1. The Morgan fingerprint density at radius 1 is 1.23 bits per heavy atom. The van der Waals surface area contributed by atoms with Crippen LogP contribution in [0.2, 0.25) is 0 Å². The lowest BCUT2D eigenvalue weighted by molar-refractivity contribution is 0.0913. The van der Waals surface area contributed by atoms with Crippen molar-refractivity contribution in [3.63, 3.8) is 0 Å². The van der Waals surface area contributed by atoms with E-state index in [1.165, 1.54) is 38.7 Å². The molecule has 1 fully saturated rings. The van der Waals surface area contributed by atoms with Crippen molar-refractivity contribution in [3.05, 3.63) is 53.4 Å². The molecule has 1 amide bonds. The maximum atomic E-state index is 13.7. The van der Waals surface area contributed by atoms with Gasteiger partial charge in [0.15, 0.2) is 5.82 Å². The topological polar surface area (TPSA) is 97.2 Å². The molecule has 0 radical (unpaired) electrons. The van der Waals surface area contributed by atoms with Crippen LogP contribution < -0.4 is 5.32 Å². The quantitative estimate of drug-likeness (QED) is 0.645. The number of rotatable bonds is 5. The zero-order valence-electron chi connectivity index (χ0n) is 16.2. The summed E-state index contributed by atoms with van der Waals surface area (Å²) in [6.45, 7) is 0.713. The van der Waals surface area contributed by atoms with Crippen LogP contribution in [0.4, 0.5) is 4.39 Å². The fourth-order valence-corrected chi connectivity index (χ4v) is 4.92. The summed E-state index contributed by atoms with van der Waals surface area (Å²) in [6.07, 6.45) is 2.21. The van der Waals surface area contributed by atoms with E-state index in [0.717, 1.165) is 4.88 Å². The van der Waals surface area contributed by atoms with Gasteiger partial charge in [-0.15, -0.1) is 16.4 Å². The first-order chi connectivity index (χ1) is 14.3. The first kappa shape index (κ1) is 20.6. The Morgan fingerprint density at radius 2 is 2.00 bits per heavy atom. The van der Waals surface area contributed by atoms with E-state index >= 15 is 0 Å². The Morgan fingerprint density at radius 3 is 2.63 bits per heavy atom. The SMILES string of the molecule is CS(=O)(=O)N1CCC(NC(=O)c2nc(-c3cccs3)n(-c3cccc(F)c3)n2)CC1. The minimum atomic E-state index is -3.23. The van der Waals surface area contributed by atoms with Gasteiger partial charge in [-0.2, -0.15) is 0 Å². The van der Waals surface area contributed by atoms with Gasteiger partial charge in [0.1, 0.15) is 5.82 Å². The molecule has 0 unspecified atom stereocenters. The average Bonchev–Trinajstić information content (AvgIpc) is 3.37. The molecule has 11 heteroatoms. The smallest absolute Gasteiger partial charge is 0.291 e. The molecule has 158 valence electrons. The third-order valence-corrected chi connectivity index (χ3v) is 7.03. The van der Waals surface area contributed by atoms with E-state index in [-0.39, 0.29) is 11.9 Å². The lowest BCUT2D eigenvalue weighted by Crippen LogP contribution is -2.46. The van der Waals surface area contributed by atoms with Crippen molar-refractivity contribution in [1.29, 1.82) is 0 Å². The molecule has 2 aromatic heterocycles. The second-order valence-corrected chi connectivity index (χ2v) is 9.97. The van der Waals surface area contributed by atoms with Gasteiger partial charge in [0.05, 0.1) is 16.8 Å². The van der Waals surface area contributed by atoms with Gasteiger partial charge in [0.2, 0.25) is 15.8 Å². The second kappa shape index (κ2) is 8.25. The molecule has 8 nitrogen and oxygen atoms in total. The number of carbonyl (C=O) groups is 1. The van der Waals surface area contributed by atoms with Crippen LogP contribution >= 0.6 is 11.3 Å². The van der Waals surface area contributed by atoms with Crippen molar-refractivity contribution in [2.75, 3.05) is 19.3 Å². The van der Waals surface area contributed by atoms with Gasteiger partial charge in [0, 0.05) is 19.1 Å². The first-order valence-electron chi connectivity index (χ1n) is 9.34. The van der Waals surface area contributed by atoms with Crippen molar-refractivity contribution in [3.8, 4) is 16.4 Å². The van der Waals surface area contributed by atoms with Crippen molar-refractivity contribution >= 4 is 27.3 Å². The molecule has 4 rings (SSSR count). The normalized spacial score (nSPS) is 15.9. The van der Waals surface area contributed by atoms with E-state index in [4.69, 9.17) is 0 Å². The number of halogens is 1. The Hall–Kier alpha value is -2.63. The largest absolute Gasteiger partial charge is 0.346 e. The number of nitrogens with one attached hydrogen (secondary N) is 1. The van der Waals surface area contributed by atoms with Gasteiger partial charge in [-0.25, -0.2) is 26.8 Å². The van der Waals surface area contributed by atoms with E-state index in [2.05, 4.69) is 15.4 Å². The molecule has 0 spiro atoms. The average molecular weight is 450 g/mol. The number of hydrogen-bond acceptors (Lipinski definition) is 6. The Kier molecular flexibility index (Phi) is 5.67. The van der Waals surface area contributed by atoms with Gasteiger partial charge in [-0.05, 0) is 42.5 Å². The molecule has 0 saturated carbocycles. The lowest BCUT2D eigenvalue weighted by atomic mass is 10.1. The highest BCUT2D eigenvalue weighted by molar-refractivity contribution is 7.88. The molecule has 0 atom stereocenters. The van der Waals surface area contributed by atoms with Crippen LogP contribution in [0.3, 0.4) is 0 Å². The Balaban J connectivity index is 1.56. The Bertz CT molecular complexity index is 1150. The van der Waals surface area contributed by atoms with Crippen LogP contribution in [0, 0.1) is 5.82 Å². The van der Waals surface area contributed by atoms with Crippen LogP contribution in [-0.4, -0.2) is 58.8 Å². The zero-order chi connectivity index (χ0) is 21.3. The van der Waals surface area contributed by atoms with Crippen molar-refractivity contribution in [2.24, 2.45) is 0 Å². The Labute approximate surface area is 177 Å². The summed E-state index contributed by atoms with van der Waals surface area (Å²) >= 11 is 1.44. The van der Waals surface area contributed by atoms with Crippen LogP contribution in [-0.2, 0) is 10.0 Å². The number of nitrogens with zero attached hydrogens (tertiary/aromatic N) is 4. The summed E-state index contributed by atoms with van der Waals surface area (Å²) in [5.41, 5.74) is 0.464. The minimum absolute atomic E-state index is 0.0202. The number of carbonyl (C=O) groups excluding carboxylic acids is 1. The molecule has 1 N–H and O–H groups in total. The van der Waals surface area contributed by atoms with Gasteiger partial charge in [-0.3, -0.25) is 4.79 Å². The number of aromatic nitrogens is 3. The molecule has 0 aliphatic carbocycles. The molecular formula is C19H20FN5O3S2. The van der Waals surface area contributed by atoms with Gasteiger partial charge < -0.3 is 5.32 Å². The molecular weight excluding hydrogens is 429 g/mol. The fourth-order valence-electron chi connectivity index (χ4n) is 3.34. The number of hydrogen-bond donors (Lipinski definition) is 1. The highest BCUT2D eigenvalue weighted by atomic mass is 32.2. The van der Waals surface area contributed by atoms with Crippen LogP contribution in [0.15, 0.2) is 41.8 Å². The van der Waals surface area contributed by atoms with Gasteiger partial charge in [0.25, 0.3) is 5.91 Å². The van der Waals surface area contributed by atoms with Crippen LogP contribution in [0.25, 0.3) is 16.4 Å². The maximum Gasteiger partial charge on any atom is 0.291 e. The molecule has 3 heterocycles. The molecule has 1 saturated heterocycles. The monoisotopic (exact) mass is 449 g/mol. The summed E-state index contributed by atoms with van der Waals surface area (Å²) < 4.78 is 39.9. The summed E-state index contributed by atoms with van der Waals surface area (Å²) in [5.74, 6) is -0.426. The predicted octanol–water partition coefficient (Wildman–Crippen LogP) is 2.29. The standard InChI is InChI=1S/C19H20FN5O3S2/c1-30(27,28)24-9-7-14(8-10-24)21-19(26)17-22-18(16-6-3-11-29-16)25(23-17)15-5-2-4-13(20)12-15/h2-6,11-12,14H,7-10H2,1H3,(H,21,26). The molecule has 0 bridgehead atoms. The van der Waals surface area contributed by atoms with Crippen molar-refractivity contribution < 1.29 is 17.6 Å². The zero-order valence-corrected chi connectivity index (χ0v) is 17.8. The fraction of sp³-hybridized carbons (Fsp3) is 0.316. The van der Waals surface area contributed by atoms with Gasteiger partial charge in [-0.1, -0.05) is 12.1 Å². The van der Waals surface area contributed by atoms with Crippen LogP contribution in [0.5, 0.6) is 0 Å². The molecule has 1 aliphatic heterocycles. The lowest BCUT2D eigenvalue weighted by Gasteiger charge is -2.30. The summed E-state index contributed by atoms with van der Waals surface area (Å²) in [7, 11) is -3.23. The van der Waals surface area contributed by atoms with Crippen LogP contribution in [0.1, 0.15) is 23.5 Å². The van der Waals surface area contributed by atoms with E-state index < -0.39 is 21.7 Å². The van der Waals surface area contributed by atoms with Gasteiger partial charge >= 0.3 is 0 Å². The van der Waals surface area contributed by atoms with E-state index in [9.17, 15) is 17.6 Å². The summed E-state index contributed by atoms with van der Waals surface area (Å²) in [5, 5.41) is 9.09. The number of amides is 1. The molecule has 30 heavy (non-hydrogen) atoms. The number of piperidine rings is 1. The van der Waals surface area contributed by atoms with E-state index in [0.29, 0.717) is 37.4 Å². The molecule has 3 aromatic rings. The summed E-state index contributed by atoms with van der Waals surface area (Å²) in [4.78, 5) is 18.0. The molecule has 1 aromatic carbocycles. The van der Waals surface area contributed by atoms with E-state index in [1.54, 1.807) is 12.1 Å². The number of sulfonamides is 1. The summed E-state index contributed by atoms with van der Waals surface area (Å²) in [6, 6.07) is 9.47. The third-order valence-electron chi connectivity index (χ3n) is 4.86. The number of benzene rings is 1. The third kappa shape index (κ3) is 4.42. The maximum absolute atomic E-state index is 13.7.